The van der Waals surface area contributed by atoms with Crippen LogP contribution < -0.4 is 4.90 Å². The summed E-state index contributed by atoms with van der Waals surface area (Å²) in [6.07, 6.45) is 0.919. The molecule has 21 heavy (non-hydrogen) atoms. The van der Waals surface area contributed by atoms with Crippen LogP contribution in [0.3, 0.4) is 0 Å². The number of likely N-dealkylation sites (N-methyl/N-ethyl adjacent to an activating group) is 1. The Bertz CT molecular complexity index is 671. The maximum Gasteiger partial charge on any atom is 0.161 e. The molecule has 0 spiro atoms. The molecular weight excluding hydrogens is 280 g/mol. The normalized spacial score (nSPS) is 11.7. The van der Waals surface area contributed by atoms with Gasteiger partial charge in [0, 0.05) is 35.6 Å². The first kappa shape index (κ1) is 15.3. The molecule has 0 radical (unpaired) electrons. The predicted molar refractivity (Wildman–Crippen MR) is 87.0 cm³/mol. The summed E-state index contributed by atoms with van der Waals surface area (Å²) in [4.78, 5) is 15.2. The van der Waals surface area contributed by atoms with Gasteiger partial charge in [-0.15, -0.1) is 11.3 Å². The first-order valence-corrected chi connectivity index (χ1v) is 7.71. The number of nitrogens with zero attached hydrogens (tertiary/aromatic N) is 2. The zero-order valence-electron chi connectivity index (χ0n) is 12.5. The summed E-state index contributed by atoms with van der Waals surface area (Å²) in [6, 6.07) is 11.8. The average Bonchev–Trinajstić information content (AvgIpc) is 2.98. The molecule has 0 bridgehead atoms. The zero-order chi connectivity index (χ0) is 15.4. The highest BCUT2D eigenvalue weighted by atomic mass is 32.1. The van der Waals surface area contributed by atoms with Crippen LogP contribution in [0.15, 0.2) is 35.7 Å². The van der Waals surface area contributed by atoms with Crippen LogP contribution in [0.25, 0.3) is 0 Å². The first-order valence-electron chi connectivity index (χ1n) is 6.83. The highest BCUT2D eigenvalue weighted by molar-refractivity contribution is 7.09. The molecule has 1 atom stereocenters. The van der Waals surface area contributed by atoms with Crippen molar-refractivity contribution in [2.75, 3.05) is 11.9 Å². The van der Waals surface area contributed by atoms with Crippen molar-refractivity contribution in [3.63, 3.8) is 0 Å². The summed E-state index contributed by atoms with van der Waals surface area (Å²) in [5, 5.41) is 11.1. The average molecular weight is 298 g/mol. The van der Waals surface area contributed by atoms with Gasteiger partial charge in [0.25, 0.3) is 0 Å². The Morgan fingerprint density at radius 3 is 2.76 bits per heavy atom. The van der Waals surface area contributed by atoms with Gasteiger partial charge in [0.2, 0.25) is 0 Å². The molecule has 1 heterocycles. The van der Waals surface area contributed by atoms with Gasteiger partial charge in [0.05, 0.1) is 11.6 Å². The number of anilines is 1. The number of thiophene rings is 1. The van der Waals surface area contributed by atoms with Crippen molar-refractivity contribution in [2.45, 2.75) is 26.3 Å². The van der Waals surface area contributed by atoms with Crippen molar-refractivity contribution in [2.24, 2.45) is 0 Å². The molecule has 1 aromatic carbocycles. The molecule has 3 nitrogen and oxygen atoms in total. The minimum absolute atomic E-state index is 0.0182. The first-order chi connectivity index (χ1) is 10.0. The molecule has 0 amide bonds. The molecule has 2 rings (SSSR count). The highest BCUT2D eigenvalue weighted by Gasteiger charge is 2.17. The van der Waals surface area contributed by atoms with Crippen LogP contribution in [0.5, 0.6) is 0 Å². The largest absolute Gasteiger partial charge is 0.371 e. The third-order valence-corrected chi connectivity index (χ3v) is 4.52. The molecule has 0 saturated carbocycles. The van der Waals surface area contributed by atoms with E-state index in [1.54, 1.807) is 36.5 Å². The predicted octanol–water partition coefficient (Wildman–Crippen LogP) is 3.89. The molecule has 1 unspecified atom stereocenters. The lowest BCUT2D eigenvalue weighted by molar-refractivity contribution is 0.101. The Balaban J connectivity index is 2.30. The number of nitriles is 1. The second-order valence-electron chi connectivity index (χ2n) is 5.14. The maximum absolute atomic E-state index is 11.8. The van der Waals surface area contributed by atoms with Crippen LogP contribution in [0.4, 0.5) is 5.69 Å². The van der Waals surface area contributed by atoms with Crippen LogP contribution in [-0.2, 0) is 6.42 Å². The fourth-order valence-corrected chi connectivity index (χ4v) is 3.11. The minimum Gasteiger partial charge on any atom is -0.371 e. The van der Waals surface area contributed by atoms with Crippen LogP contribution in [0.2, 0.25) is 0 Å². The van der Waals surface area contributed by atoms with Gasteiger partial charge in [-0.2, -0.15) is 5.26 Å². The number of rotatable bonds is 5. The molecule has 0 saturated heterocycles. The van der Waals surface area contributed by atoms with Crippen LogP contribution >= 0.6 is 11.3 Å². The van der Waals surface area contributed by atoms with E-state index in [0.717, 1.165) is 12.1 Å². The zero-order valence-corrected chi connectivity index (χ0v) is 13.3. The molecular formula is C17H18N2OS. The monoisotopic (exact) mass is 298 g/mol. The number of ketones is 1. The molecule has 4 heteroatoms. The van der Waals surface area contributed by atoms with Gasteiger partial charge in [-0.05, 0) is 43.5 Å². The Kier molecular flexibility index (Phi) is 4.77. The van der Waals surface area contributed by atoms with Gasteiger partial charge in [-0.3, -0.25) is 4.79 Å². The number of benzene rings is 1. The summed E-state index contributed by atoms with van der Waals surface area (Å²) >= 11 is 1.74. The van der Waals surface area contributed by atoms with Gasteiger partial charge < -0.3 is 4.90 Å². The molecule has 0 aliphatic carbocycles. The van der Waals surface area contributed by atoms with E-state index >= 15 is 0 Å². The number of Topliss-reactive ketones (excluding diaryl/α,β-unsaturated/α-hetero) is 1. The number of carbonyl (C=O) groups excluding carboxylic acids is 1. The van der Waals surface area contributed by atoms with Gasteiger partial charge in [0.15, 0.2) is 5.78 Å². The summed E-state index contributed by atoms with van der Waals surface area (Å²) in [5.74, 6) is 0.0182. The Morgan fingerprint density at radius 1 is 1.43 bits per heavy atom. The second-order valence-corrected chi connectivity index (χ2v) is 6.18. The minimum atomic E-state index is 0.0182. The van der Waals surface area contributed by atoms with Crippen LogP contribution in [-0.4, -0.2) is 18.9 Å². The van der Waals surface area contributed by atoms with Crippen LogP contribution in [0, 0.1) is 11.3 Å². The Labute approximate surface area is 129 Å². The van der Waals surface area contributed by atoms with E-state index in [9.17, 15) is 4.79 Å². The van der Waals surface area contributed by atoms with Crippen molar-refractivity contribution in [1.29, 1.82) is 5.26 Å². The van der Waals surface area contributed by atoms with Crippen molar-refractivity contribution in [1.82, 2.24) is 0 Å². The third kappa shape index (κ3) is 3.50. The molecule has 108 valence electrons. The standard InChI is InChI=1S/C17H18N2OS/c1-12(9-15-5-4-8-21-15)19(3)17-10-14(11-18)6-7-16(17)13(2)20/h4-8,10,12H,9H2,1-3H3. The number of hydrogen-bond donors (Lipinski definition) is 0. The maximum atomic E-state index is 11.8. The Morgan fingerprint density at radius 2 is 2.19 bits per heavy atom. The second kappa shape index (κ2) is 6.55. The van der Waals surface area contributed by atoms with Gasteiger partial charge in [-0.25, -0.2) is 0 Å². The summed E-state index contributed by atoms with van der Waals surface area (Å²) in [7, 11) is 1.97. The van der Waals surface area contributed by atoms with Crippen molar-refractivity contribution < 1.29 is 4.79 Å². The molecule has 1 aromatic heterocycles. The van der Waals surface area contributed by atoms with Crippen molar-refractivity contribution in [3.05, 3.63) is 51.7 Å². The lowest BCUT2D eigenvalue weighted by Crippen LogP contribution is -2.31. The Hall–Kier alpha value is -2.12. The quantitative estimate of drug-likeness (QED) is 0.787. The number of carbonyl (C=O) groups is 1. The van der Waals surface area contributed by atoms with Gasteiger partial charge >= 0.3 is 0 Å². The van der Waals surface area contributed by atoms with Gasteiger partial charge in [0.1, 0.15) is 0 Å². The lowest BCUT2D eigenvalue weighted by atomic mass is 10.0. The molecule has 0 aliphatic heterocycles. The SMILES string of the molecule is CC(=O)c1ccc(C#N)cc1N(C)C(C)Cc1cccs1. The van der Waals surface area contributed by atoms with Crippen molar-refractivity contribution >= 4 is 22.8 Å². The smallest absolute Gasteiger partial charge is 0.161 e. The highest BCUT2D eigenvalue weighted by Crippen LogP contribution is 2.25. The van der Waals surface area contributed by atoms with E-state index in [1.807, 2.05) is 13.1 Å². The van der Waals surface area contributed by atoms with E-state index in [0.29, 0.717) is 11.1 Å². The van der Waals surface area contributed by atoms with E-state index in [2.05, 4.69) is 29.3 Å². The van der Waals surface area contributed by atoms with E-state index in [-0.39, 0.29) is 11.8 Å². The molecule has 0 aliphatic rings. The lowest BCUT2D eigenvalue weighted by Gasteiger charge is -2.28. The third-order valence-electron chi connectivity index (χ3n) is 3.62. The number of hydrogen-bond acceptors (Lipinski definition) is 4. The van der Waals surface area contributed by atoms with E-state index in [1.165, 1.54) is 4.88 Å². The molecule has 2 aromatic rings. The molecule has 0 N–H and O–H groups in total. The summed E-state index contributed by atoms with van der Waals surface area (Å²) in [5.41, 5.74) is 2.06. The molecule has 0 fully saturated rings. The summed E-state index contributed by atoms with van der Waals surface area (Å²) < 4.78 is 0. The summed E-state index contributed by atoms with van der Waals surface area (Å²) in [6.45, 7) is 3.69. The van der Waals surface area contributed by atoms with Gasteiger partial charge in [-0.1, -0.05) is 6.07 Å². The van der Waals surface area contributed by atoms with Crippen molar-refractivity contribution in [3.8, 4) is 6.07 Å². The fourth-order valence-electron chi connectivity index (χ4n) is 2.28. The van der Waals surface area contributed by atoms with E-state index < -0.39 is 0 Å². The fraction of sp³-hybridized carbons (Fsp3) is 0.294. The topological polar surface area (TPSA) is 44.1 Å². The van der Waals surface area contributed by atoms with E-state index in [4.69, 9.17) is 5.26 Å². The van der Waals surface area contributed by atoms with Crippen LogP contribution in [0.1, 0.15) is 34.6 Å².